The maximum atomic E-state index is 12.0. The van der Waals surface area contributed by atoms with Crippen molar-refractivity contribution >= 4 is 27.3 Å². The van der Waals surface area contributed by atoms with E-state index < -0.39 is 0 Å². The summed E-state index contributed by atoms with van der Waals surface area (Å²) in [5, 5.41) is 4.14. The second-order valence-corrected chi connectivity index (χ2v) is 6.75. The monoisotopic (exact) mass is 278 g/mol. The van der Waals surface area contributed by atoms with Gasteiger partial charge in [0.2, 0.25) is 0 Å². The largest absolute Gasteiger partial charge is 0.351 e. The first-order chi connectivity index (χ1) is 8.97. The molecule has 104 valence electrons. The quantitative estimate of drug-likeness (QED) is 0.879. The predicted molar refractivity (Wildman–Crippen MR) is 82.0 cm³/mol. The highest BCUT2D eigenvalue weighted by atomic mass is 32.1. The molecule has 0 radical (unpaired) electrons. The van der Waals surface area contributed by atoms with Crippen LogP contribution >= 0.6 is 11.3 Å². The average Bonchev–Trinajstić information content (AvgIpc) is 2.85. The van der Waals surface area contributed by atoms with E-state index in [4.69, 9.17) is 0 Å². The second kappa shape index (κ2) is 5.78. The highest BCUT2D eigenvalue weighted by Crippen LogP contribution is 2.27. The molecule has 0 saturated heterocycles. The highest BCUT2D eigenvalue weighted by Gasteiger charge is 2.12. The lowest BCUT2D eigenvalue weighted by Crippen LogP contribution is -2.24. The Balaban J connectivity index is 2.04. The molecule has 0 bridgehead atoms. The number of thiophene rings is 1. The fourth-order valence-electron chi connectivity index (χ4n) is 1.93. The molecule has 19 heavy (non-hydrogen) atoms. The number of nitrogens with one attached hydrogen (secondary N) is 1. The van der Waals surface area contributed by atoms with Crippen LogP contribution < -0.4 is 5.32 Å². The second-order valence-electron chi connectivity index (χ2n) is 5.67. The number of hydrogen-bond acceptors (Lipinski definition) is 2. The number of aromatic nitrogens is 1. The molecule has 0 atom stereocenters. The van der Waals surface area contributed by atoms with E-state index in [2.05, 4.69) is 50.0 Å². The van der Waals surface area contributed by atoms with E-state index in [1.54, 1.807) is 11.3 Å². The van der Waals surface area contributed by atoms with E-state index in [0.29, 0.717) is 12.0 Å². The molecule has 0 saturated carbocycles. The number of carbonyl (C=O) groups excluding carboxylic acids is 1. The van der Waals surface area contributed by atoms with E-state index in [1.165, 1.54) is 4.70 Å². The number of rotatable bonds is 5. The van der Waals surface area contributed by atoms with Crippen LogP contribution in [0.3, 0.4) is 0 Å². The first-order valence-electron chi connectivity index (χ1n) is 6.86. The molecule has 0 fully saturated rings. The molecule has 0 aromatic carbocycles. The molecule has 4 heteroatoms. The van der Waals surface area contributed by atoms with Crippen molar-refractivity contribution in [1.29, 1.82) is 0 Å². The lowest BCUT2D eigenvalue weighted by atomic mass is 10.1. The van der Waals surface area contributed by atoms with Gasteiger partial charge in [-0.3, -0.25) is 4.79 Å². The molecule has 2 aromatic rings. The summed E-state index contributed by atoms with van der Waals surface area (Å²) in [6.07, 6.45) is 5.26. The minimum absolute atomic E-state index is 0.0537. The fourth-order valence-corrected chi connectivity index (χ4v) is 2.92. The molecule has 2 rings (SSSR count). The van der Waals surface area contributed by atoms with Gasteiger partial charge < -0.3 is 9.88 Å². The molecule has 0 aliphatic rings. The van der Waals surface area contributed by atoms with Crippen LogP contribution in [0.1, 0.15) is 49.8 Å². The topological polar surface area (TPSA) is 34.0 Å². The summed E-state index contributed by atoms with van der Waals surface area (Å²) in [5.41, 5.74) is 0. The Bertz CT molecular complexity index is 534. The maximum Gasteiger partial charge on any atom is 0.261 e. The summed E-state index contributed by atoms with van der Waals surface area (Å²) >= 11 is 1.57. The van der Waals surface area contributed by atoms with E-state index in [-0.39, 0.29) is 5.91 Å². The first-order valence-corrected chi connectivity index (χ1v) is 7.68. The number of nitrogens with zero attached hydrogens (tertiary/aromatic N) is 1. The molecule has 2 heterocycles. The van der Waals surface area contributed by atoms with Crippen molar-refractivity contribution in [3.05, 3.63) is 23.3 Å². The summed E-state index contributed by atoms with van der Waals surface area (Å²) in [5.74, 6) is 0.674. The SMILES string of the molecule is CC(C)CCNC(=O)c1cc2cn(C(C)C)cc2s1. The Labute approximate surface area is 118 Å². The Hall–Kier alpha value is -1.29. The van der Waals surface area contributed by atoms with Crippen LogP contribution in [0.15, 0.2) is 18.5 Å². The van der Waals surface area contributed by atoms with Crippen LogP contribution in [0.25, 0.3) is 10.1 Å². The Morgan fingerprint density at radius 1 is 1.32 bits per heavy atom. The Kier molecular flexibility index (Phi) is 4.30. The molecule has 0 aliphatic carbocycles. The van der Waals surface area contributed by atoms with Gasteiger partial charge in [0.05, 0.1) is 9.58 Å². The minimum Gasteiger partial charge on any atom is -0.351 e. The van der Waals surface area contributed by atoms with Gasteiger partial charge in [0.1, 0.15) is 0 Å². The van der Waals surface area contributed by atoms with Crippen molar-refractivity contribution in [3.8, 4) is 0 Å². The molecule has 0 spiro atoms. The summed E-state index contributed by atoms with van der Waals surface area (Å²) in [4.78, 5) is 12.8. The zero-order valence-corrected chi connectivity index (χ0v) is 12.9. The average molecular weight is 278 g/mol. The standard InChI is InChI=1S/C15H22N2OS/c1-10(2)5-6-16-15(18)13-7-12-8-17(11(3)4)9-14(12)19-13/h7-11H,5-6H2,1-4H3,(H,16,18). The summed E-state index contributed by atoms with van der Waals surface area (Å²) in [6, 6.07) is 2.45. The zero-order chi connectivity index (χ0) is 14.0. The van der Waals surface area contributed by atoms with Crippen molar-refractivity contribution in [2.45, 2.75) is 40.2 Å². The van der Waals surface area contributed by atoms with E-state index >= 15 is 0 Å². The van der Waals surface area contributed by atoms with E-state index in [0.717, 1.165) is 23.2 Å². The molecular weight excluding hydrogens is 256 g/mol. The van der Waals surface area contributed by atoms with Crippen molar-refractivity contribution in [3.63, 3.8) is 0 Å². The minimum atomic E-state index is 0.0537. The van der Waals surface area contributed by atoms with Crippen molar-refractivity contribution < 1.29 is 4.79 Å². The van der Waals surface area contributed by atoms with Crippen molar-refractivity contribution in [2.75, 3.05) is 6.54 Å². The van der Waals surface area contributed by atoms with Gasteiger partial charge in [-0.25, -0.2) is 0 Å². The van der Waals surface area contributed by atoms with Crippen molar-refractivity contribution in [2.24, 2.45) is 5.92 Å². The molecule has 2 aromatic heterocycles. The summed E-state index contributed by atoms with van der Waals surface area (Å²) in [6.45, 7) is 9.39. The fraction of sp³-hybridized carbons (Fsp3) is 0.533. The van der Waals surface area contributed by atoms with E-state index in [9.17, 15) is 4.79 Å². The number of carbonyl (C=O) groups is 1. The van der Waals surface area contributed by atoms with Gasteiger partial charge in [-0.15, -0.1) is 11.3 Å². The number of hydrogen-bond donors (Lipinski definition) is 1. The van der Waals surface area contributed by atoms with Crippen LogP contribution in [-0.2, 0) is 0 Å². The van der Waals surface area contributed by atoms with Crippen molar-refractivity contribution in [1.82, 2.24) is 9.88 Å². The summed E-state index contributed by atoms with van der Waals surface area (Å²) < 4.78 is 3.37. The predicted octanol–water partition coefficient (Wildman–Crippen LogP) is 4.06. The maximum absolute atomic E-state index is 12.0. The van der Waals surface area contributed by atoms with E-state index in [1.807, 2.05) is 6.07 Å². The van der Waals surface area contributed by atoms with Crippen LogP contribution in [0.4, 0.5) is 0 Å². The van der Waals surface area contributed by atoms with Gasteiger partial charge in [0.25, 0.3) is 5.91 Å². The third kappa shape index (κ3) is 3.38. The van der Waals surface area contributed by atoms with Gasteiger partial charge in [0.15, 0.2) is 0 Å². The Morgan fingerprint density at radius 2 is 2.05 bits per heavy atom. The molecule has 0 aliphatic heterocycles. The first kappa shape index (κ1) is 14.1. The smallest absolute Gasteiger partial charge is 0.261 e. The number of amides is 1. The molecule has 1 amide bonds. The lowest BCUT2D eigenvalue weighted by Gasteiger charge is -2.06. The third-order valence-electron chi connectivity index (χ3n) is 3.17. The van der Waals surface area contributed by atoms with Crippen LogP contribution in [0, 0.1) is 5.92 Å². The molecule has 1 N–H and O–H groups in total. The number of fused-ring (bicyclic) bond motifs is 1. The zero-order valence-electron chi connectivity index (χ0n) is 12.1. The van der Waals surface area contributed by atoms with Gasteiger partial charge >= 0.3 is 0 Å². The Morgan fingerprint density at radius 3 is 2.63 bits per heavy atom. The van der Waals surface area contributed by atoms with Crippen LogP contribution in [0.2, 0.25) is 0 Å². The summed E-state index contributed by atoms with van der Waals surface area (Å²) in [7, 11) is 0. The van der Waals surface area contributed by atoms with Gasteiger partial charge in [-0.2, -0.15) is 0 Å². The molecule has 3 nitrogen and oxygen atoms in total. The van der Waals surface area contributed by atoms with Gasteiger partial charge in [-0.05, 0) is 32.3 Å². The third-order valence-corrected chi connectivity index (χ3v) is 4.26. The normalized spacial score (nSPS) is 11.7. The van der Waals surface area contributed by atoms with Crippen LogP contribution in [0.5, 0.6) is 0 Å². The lowest BCUT2D eigenvalue weighted by molar-refractivity contribution is 0.0956. The van der Waals surface area contributed by atoms with Crippen LogP contribution in [-0.4, -0.2) is 17.0 Å². The molecular formula is C15H22N2OS. The van der Waals surface area contributed by atoms with Gasteiger partial charge in [-0.1, -0.05) is 13.8 Å². The molecule has 0 unspecified atom stereocenters. The van der Waals surface area contributed by atoms with Gasteiger partial charge in [0, 0.05) is 30.4 Å². The highest BCUT2D eigenvalue weighted by molar-refractivity contribution is 7.20.